The second-order valence-electron chi connectivity index (χ2n) is 1.73. The molecule has 1 rings (SSSR count). The van der Waals surface area contributed by atoms with Crippen molar-refractivity contribution in [1.29, 1.82) is 0 Å². The highest BCUT2D eigenvalue weighted by Gasteiger charge is 1.86. The van der Waals surface area contributed by atoms with Gasteiger partial charge in [0.2, 0.25) is 0 Å². The first-order chi connectivity index (χ1) is 4.83. The number of rotatable bonds is 0. The fraction of sp³-hybridized carbons (Fsp3) is 0. The first-order valence-electron chi connectivity index (χ1n) is 2.70. The molecule has 0 aliphatic rings. The third-order valence-electron chi connectivity index (χ3n) is 1.02. The van der Waals surface area contributed by atoms with Gasteiger partial charge in [-0.2, -0.15) is 0 Å². The van der Waals surface area contributed by atoms with Gasteiger partial charge < -0.3 is 0 Å². The first kappa shape index (κ1) is 7.65. The molecule has 0 amide bonds. The molecule has 0 bridgehead atoms. The molecule has 0 nitrogen and oxygen atoms in total. The summed E-state index contributed by atoms with van der Waals surface area (Å²) in [5, 5.41) is 0.716. The molecule has 0 radical (unpaired) electrons. The van der Waals surface area contributed by atoms with Gasteiger partial charge in [-0.1, -0.05) is 23.6 Å². The number of hydrogen-bond donors (Lipinski definition) is 0. The van der Waals surface area contributed by atoms with Crippen LogP contribution in [-0.4, -0.2) is 0 Å². The highest BCUT2D eigenvalue weighted by Crippen LogP contribution is 2.09. The van der Waals surface area contributed by atoms with Crippen molar-refractivity contribution in [3.8, 4) is 10.8 Å². The van der Waals surface area contributed by atoms with Crippen molar-refractivity contribution in [3.05, 3.63) is 34.9 Å². The maximum Gasteiger partial charge on any atom is 0.0418 e. The molecule has 0 N–H and O–H groups in total. The lowest BCUT2D eigenvalue weighted by molar-refractivity contribution is 1.65. The lowest BCUT2D eigenvalue weighted by atomic mass is 10.2. The molecule has 50 valence electrons. The van der Waals surface area contributed by atoms with Crippen molar-refractivity contribution in [1.82, 2.24) is 0 Å². The van der Waals surface area contributed by atoms with Crippen molar-refractivity contribution in [2.45, 2.75) is 0 Å². The van der Waals surface area contributed by atoms with E-state index in [4.69, 9.17) is 11.6 Å². The van der Waals surface area contributed by atoms with Gasteiger partial charge >= 0.3 is 0 Å². The van der Waals surface area contributed by atoms with Crippen molar-refractivity contribution in [2.75, 3.05) is 0 Å². The number of halogens is 2. The largest absolute Gasteiger partial charge is 0.0843 e. The van der Waals surface area contributed by atoms with Gasteiger partial charge in [0.1, 0.15) is 0 Å². The smallest absolute Gasteiger partial charge is 0.0418 e. The predicted octanol–water partition coefficient (Wildman–Crippen LogP) is 3.04. The summed E-state index contributed by atoms with van der Waals surface area (Å²) in [5.41, 5.74) is 0.921. The van der Waals surface area contributed by atoms with Crippen molar-refractivity contribution < 1.29 is 0 Å². The molecule has 0 atom stereocenters. The van der Waals surface area contributed by atoms with Gasteiger partial charge in [0, 0.05) is 26.5 Å². The second kappa shape index (κ2) is 3.65. The zero-order valence-electron chi connectivity index (χ0n) is 5.07. The molecular formula is C8H4BrCl. The fourth-order valence-electron chi connectivity index (χ4n) is 0.621. The molecule has 0 unspecified atom stereocenters. The van der Waals surface area contributed by atoms with E-state index in [9.17, 15) is 0 Å². The first-order valence-corrected chi connectivity index (χ1v) is 3.87. The Morgan fingerprint density at radius 3 is 2.80 bits per heavy atom. The average molecular weight is 215 g/mol. The third-order valence-corrected chi connectivity index (χ3v) is 1.45. The van der Waals surface area contributed by atoms with E-state index >= 15 is 0 Å². The van der Waals surface area contributed by atoms with Crippen LogP contribution in [-0.2, 0) is 0 Å². The summed E-state index contributed by atoms with van der Waals surface area (Å²) >= 11 is 8.70. The normalized spacial score (nSPS) is 8.20. The molecule has 0 aliphatic heterocycles. The van der Waals surface area contributed by atoms with E-state index in [1.807, 2.05) is 24.3 Å². The molecule has 0 spiro atoms. The summed E-state index contributed by atoms with van der Waals surface area (Å²) < 4.78 is 0. The maximum absolute atomic E-state index is 5.70. The van der Waals surface area contributed by atoms with Gasteiger partial charge in [-0.3, -0.25) is 0 Å². The van der Waals surface area contributed by atoms with E-state index in [0.29, 0.717) is 5.02 Å². The molecule has 0 fully saturated rings. The topological polar surface area (TPSA) is 0 Å². The lowest BCUT2D eigenvalue weighted by Gasteiger charge is -1.88. The molecule has 0 aromatic heterocycles. The van der Waals surface area contributed by atoms with Gasteiger partial charge in [-0.25, -0.2) is 0 Å². The van der Waals surface area contributed by atoms with Gasteiger partial charge in [-0.15, -0.1) is 0 Å². The Kier molecular flexibility index (Phi) is 2.80. The Balaban J connectivity index is 3.03. The molecule has 0 heterocycles. The minimum Gasteiger partial charge on any atom is -0.0843 e. The highest BCUT2D eigenvalue weighted by atomic mass is 79.9. The predicted molar refractivity (Wildman–Crippen MR) is 47.3 cm³/mol. The molecule has 2 heteroatoms. The van der Waals surface area contributed by atoms with Crippen LogP contribution in [0.3, 0.4) is 0 Å². The van der Waals surface area contributed by atoms with E-state index in [1.165, 1.54) is 0 Å². The van der Waals surface area contributed by atoms with E-state index in [2.05, 4.69) is 26.7 Å². The molecule has 1 aromatic carbocycles. The summed E-state index contributed by atoms with van der Waals surface area (Å²) in [6.45, 7) is 0. The number of benzene rings is 1. The SMILES string of the molecule is Clc1cccc(C#CBr)c1. The molecule has 0 saturated carbocycles. The second-order valence-corrected chi connectivity index (χ2v) is 2.56. The standard InChI is InChI=1S/C8H4BrCl/c9-5-4-7-2-1-3-8(10)6-7/h1-3,6H. The Bertz CT molecular complexity index is 283. The van der Waals surface area contributed by atoms with Crippen LogP contribution < -0.4 is 0 Å². The fourth-order valence-corrected chi connectivity index (χ4v) is 1.04. The van der Waals surface area contributed by atoms with Crippen LogP contribution in [0.1, 0.15) is 5.56 Å². The monoisotopic (exact) mass is 214 g/mol. The van der Waals surface area contributed by atoms with Crippen LogP contribution in [0, 0.1) is 10.8 Å². The summed E-state index contributed by atoms with van der Waals surface area (Å²) in [4.78, 5) is 2.62. The van der Waals surface area contributed by atoms with E-state index in [0.717, 1.165) is 5.56 Å². The van der Waals surface area contributed by atoms with Gasteiger partial charge in [-0.05, 0) is 23.0 Å². The van der Waals surface area contributed by atoms with E-state index in [1.54, 1.807) is 0 Å². The van der Waals surface area contributed by atoms with Gasteiger partial charge in [0.05, 0.1) is 0 Å². The van der Waals surface area contributed by atoms with Crippen LogP contribution in [0.2, 0.25) is 5.02 Å². The van der Waals surface area contributed by atoms with Crippen LogP contribution in [0.5, 0.6) is 0 Å². The van der Waals surface area contributed by atoms with Crippen LogP contribution in [0.15, 0.2) is 24.3 Å². The number of hydrogen-bond acceptors (Lipinski definition) is 0. The van der Waals surface area contributed by atoms with Gasteiger partial charge in [0.15, 0.2) is 0 Å². The van der Waals surface area contributed by atoms with Crippen LogP contribution in [0.4, 0.5) is 0 Å². The van der Waals surface area contributed by atoms with E-state index < -0.39 is 0 Å². The highest BCUT2D eigenvalue weighted by molar-refractivity contribution is 9.12. The zero-order valence-corrected chi connectivity index (χ0v) is 7.41. The maximum atomic E-state index is 5.70. The van der Waals surface area contributed by atoms with Crippen molar-refractivity contribution in [3.63, 3.8) is 0 Å². The summed E-state index contributed by atoms with van der Waals surface area (Å²) in [7, 11) is 0. The summed E-state index contributed by atoms with van der Waals surface area (Å²) in [5.74, 6) is 2.83. The van der Waals surface area contributed by atoms with Crippen molar-refractivity contribution in [2.24, 2.45) is 0 Å². The van der Waals surface area contributed by atoms with E-state index in [-0.39, 0.29) is 0 Å². The van der Waals surface area contributed by atoms with Gasteiger partial charge in [0.25, 0.3) is 0 Å². The minimum atomic E-state index is 0.716. The Morgan fingerprint density at radius 2 is 2.20 bits per heavy atom. The molecule has 10 heavy (non-hydrogen) atoms. The minimum absolute atomic E-state index is 0.716. The quantitative estimate of drug-likeness (QED) is 0.584. The zero-order chi connectivity index (χ0) is 7.40. The Hall–Kier alpha value is -0.450. The Morgan fingerprint density at radius 1 is 1.40 bits per heavy atom. The van der Waals surface area contributed by atoms with Crippen molar-refractivity contribution >= 4 is 27.5 Å². The molecule has 0 saturated heterocycles. The van der Waals surface area contributed by atoms with Crippen LogP contribution in [0.25, 0.3) is 0 Å². The molecular weight excluding hydrogens is 211 g/mol. The summed E-state index contributed by atoms with van der Waals surface area (Å²) in [6, 6.07) is 7.41. The third kappa shape index (κ3) is 2.06. The van der Waals surface area contributed by atoms with Crippen LogP contribution >= 0.6 is 27.5 Å². The summed E-state index contributed by atoms with van der Waals surface area (Å²) in [6.07, 6.45) is 0. The molecule has 0 aliphatic carbocycles. The lowest BCUT2D eigenvalue weighted by Crippen LogP contribution is -1.70. The average Bonchev–Trinajstić information content (AvgIpc) is 1.88. The molecule has 1 aromatic rings. The Labute approximate surface area is 73.3 Å².